The van der Waals surface area contributed by atoms with Gasteiger partial charge in [-0.1, -0.05) is 12.8 Å². The van der Waals surface area contributed by atoms with Crippen LogP contribution in [0.1, 0.15) is 51.3 Å². The molecule has 0 unspecified atom stereocenters. The van der Waals surface area contributed by atoms with Gasteiger partial charge in [-0.05, 0) is 45.7 Å². The van der Waals surface area contributed by atoms with Crippen LogP contribution < -0.4 is 0 Å². The van der Waals surface area contributed by atoms with Gasteiger partial charge in [0.15, 0.2) is 5.78 Å². The average molecular weight is 275 g/mol. The molecule has 0 amide bonds. The number of imidazole rings is 1. The summed E-state index contributed by atoms with van der Waals surface area (Å²) in [5.74, 6) is 1.33. The normalized spacial score (nSPS) is 22.4. The van der Waals surface area contributed by atoms with Crippen molar-refractivity contribution in [2.24, 2.45) is 0 Å². The van der Waals surface area contributed by atoms with E-state index in [1.54, 1.807) is 0 Å². The van der Waals surface area contributed by atoms with Crippen LogP contribution in [0.2, 0.25) is 0 Å². The number of rotatable bonds is 5. The van der Waals surface area contributed by atoms with Crippen molar-refractivity contribution in [3.05, 3.63) is 18.2 Å². The summed E-state index contributed by atoms with van der Waals surface area (Å²) in [6.45, 7) is 5.20. The van der Waals surface area contributed by atoms with Crippen LogP contribution in [0.5, 0.6) is 0 Å². The second kappa shape index (κ2) is 5.68. The van der Waals surface area contributed by atoms with Crippen LogP contribution in [0.3, 0.4) is 0 Å². The summed E-state index contributed by atoms with van der Waals surface area (Å²) in [7, 11) is 0. The third-order valence-corrected chi connectivity index (χ3v) is 5.12. The molecule has 0 atom stereocenters. The monoisotopic (exact) mass is 275 g/mol. The summed E-state index contributed by atoms with van der Waals surface area (Å²) < 4.78 is 2.09. The quantitative estimate of drug-likeness (QED) is 0.828. The van der Waals surface area contributed by atoms with Crippen molar-refractivity contribution >= 4 is 5.78 Å². The second-order valence-corrected chi connectivity index (χ2v) is 6.16. The Labute approximate surface area is 121 Å². The van der Waals surface area contributed by atoms with Crippen LogP contribution >= 0.6 is 0 Å². The van der Waals surface area contributed by atoms with Gasteiger partial charge in [0, 0.05) is 18.9 Å². The topological polar surface area (TPSA) is 38.1 Å². The molecule has 1 aromatic heterocycles. The van der Waals surface area contributed by atoms with Gasteiger partial charge in [0.1, 0.15) is 5.82 Å². The average Bonchev–Trinajstić information content (AvgIpc) is 3.19. The summed E-state index contributed by atoms with van der Waals surface area (Å²) in [6.07, 6.45) is 11.3. The van der Waals surface area contributed by atoms with Gasteiger partial charge in [0.2, 0.25) is 0 Å². The molecule has 2 heterocycles. The van der Waals surface area contributed by atoms with Crippen molar-refractivity contribution in [2.75, 3.05) is 13.1 Å². The number of likely N-dealkylation sites (tertiary alicyclic amines) is 1. The molecule has 1 aliphatic carbocycles. The number of aryl methyl sites for hydroxylation is 1. The lowest BCUT2D eigenvalue weighted by atomic mass is 9.88. The fourth-order valence-electron chi connectivity index (χ4n) is 3.98. The highest BCUT2D eigenvalue weighted by Gasteiger charge is 2.46. The van der Waals surface area contributed by atoms with Gasteiger partial charge < -0.3 is 4.57 Å². The molecule has 3 rings (SSSR count). The number of nitrogens with zero attached hydrogens (tertiary/aromatic N) is 3. The van der Waals surface area contributed by atoms with Gasteiger partial charge >= 0.3 is 0 Å². The molecule has 4 nitrogen and oxygen atoms in total. The van der Waals surface area contributed by atoms with E-state index in [2.05, 4.69) is 21.4 Å². The van der Waals surface area contributed by atoms with Crippen molar-refractivity contribution in [1.82, 2.24) is 14.5 Å². The number of hydrogen-bond donors (Lipinski definition) is 0. The maximum atomic E-state index is 13.0. The van der Waals surface area contributed by atoms with Crippen LogP contribution in [-0.2, 0) is 17.8 Å². The van der Waals surface area contributed by atoms with Crippen molar-refractivity contribution in [3.8, 4) is 0 Å². The first-order chi connectivity index (χ1) is 9.76. The second-order valence-electron chi connectivity index (χ2n) is 6.16. The third-order valence-electron chi connectivity index (χ3n) is 5.12. The predicted octanol–water partition coefficient (Wildman–Crippen LogP) is 2.42. The summed E-state index contributed by atoms with van der Waals surface area (Å²) in [4.78, 5) is 19.8. The van der Waals surface area contributed by atoms with Crippen molar-refractivity contribution in [3.63, 3.8) is 0 Å². The number of carbonyl (C=O) groups is 1. The van der Waals surface area contributed by atoms with Gasteiger partial charge in [-0.15, -0.1) is 0 Å². The van der Waals surface area contributed by atoms with Gasteiger partial charge in [-0.3, -0.25) is 9.69 Å². The molecule has 110 valence electrons. The van der Waals surface area contributed by atoms with E-state index in [0.717, 1.165) is 38.3 Å². The molecule has 1 saturated heterocycles. The molecule has 0 radical (unpaired) electrons. The molecule has 0 aromatic carbocycles. The van der Waals surface area contributed by atoms with Gasteiger partial charge in [-0.25, -0.2) is 4.98 Å². The van der Waals surface area contributed by atoms with Crippen LogP contribution in [0.25, 0.3) is 0 Å². The van der Waals surface area contributed by atoms with Gasteiger partial charge in [0.25, 0.3) is 0 Å². The molecule has 0 spiro atoms. The first kappa shape index (κ1) is 13.8. The zero-order chi connectivity index (χ0) is 14.0. The number of aromatic nitrogens is 2. The largest absolute Gasteiger partial charge is 0.335 e. The minimum atomic E-state index is -0.166. The van der Waals surface area contributed by atoms with Gasteiger partial charge in [-0.2, -0.15) is 0 Å². The Hall–Kier alpha value is -1.16. The fraction of sp³-hybridized carbons (Fsp3) is 0.750. The van der Waals surface area contributed by atoms with E-state index >= 15 is 0 Å². The number of Topliss-reactive ketones (excluding diaryl/α,β-unsaturated/α-hetero) is 1. The predicted molar refractivity (Wildman–Crippen MR) is 78.6 cm³/mol. The first-order valence-electron chi connectivity index (χ1n) is 8.04. The van der Waals surface area contributed by atoms with Gasteiger partial charge in [0.05, 0.1) is 12.0 Å². The van der Waals surface area contributed by atoms with E-state index in [-0.39, 0.29) is 5.54 Å². The van der Waals surface area contributed by atoms with E-state index in [1.807, 2.05) is 12.4 Å². The Morgan fingerprint density at radius 1 is 1.25 bits per heavy atom. The zero-order valence-corrected chi connectivity index (χ0v) is 12.5. The van der Waals surface area contributed by atoms with E-state index in [9.17, 15) is 4.79 Å². The summed E-state index contributed by atoms with van der Waals surface area (Å²) >= 11 is 0. The lowest BCUT2D eigenvalue weighted by Gasteiger charge is -2.37. The van der Waals surface area contributed by atoms with E-state index in [4.69, 9.17) is 0 Å². The maximum Gasteiger partial charge on any atom is 0.160 e. The highest BCUT2D eigenvalue weighted by atomic mass is 16.1. The summed E-state index contributed by atoms with van der Waals surface area (Å²) in [5, 5.41) is 0. The Morgan fingerprint density at radius 2 is 1.95 bits per heavy atom. The third kappa shape index (κ3) is 2.30. The molecule has 1 aliphatic heterocycles. The molecule has 0 bridgehead atoms. The lowest BCUT2D eigenvalue weighted by Crippen LogP contribution is -2.52. The minimum absolute atomic E-state index is 0.166. The molecule has 1 aromatic rings. The molecule has 1 saturated carbocycles. The summed E-state index contributed by atoms with van der Waals surface area (Å²) in [6, 6.07) is 0. The van der Waals surface area contributed by atoms with E-state index in [0.29, 0.717) is 12.2 Å². The highest BCUT2D eigenvalue weighted by molar-refractivity contribution is 5.90. The van der Waals surface area contributed by atoms with Crippen molar-refractivity contribution in [2.45, 2.75) is 64.0 Å². The number of carbonyl (C=O) groups excluding carboxylic acids is 1. The standard InChI is InChI=1S/C16H25N3O/c1-2-18-12-9-17-15(18)13-14(20)16(7-3-4-8-16)19-10-5-6-11-19/h9,12H,2-8,10-11,13H2,1H3. The van der Waals surface area contributed by atoms with Crippen LogP contribution in [0.15, 0.2) is 12.4 Å². The molecule has 2 fully saturated rings. The molecular weight excluding hydrogens is 250 g/mol. The van der Waals surface area contributed by atoms with Crippen molar-refractivity contribution < 1.29 is 4.79 Å². The number of ketones is 1. The smallest absolute Gasteiger partial charge is 0.160 e. The maximum absolute atomic E-state index is 13.0. The van der Waals surface area contributed by atoms with E-state index in [1.165, 1.54) is 25.7 Å². The molecule has 0 N–H and O–H groups in total. The molecule has 4 heteroatoms. The SMILES string of the molecule is CCn1ccnc1CC(=O)C1(N2CCCC2)CCCC1. The Kier molecular flexibility index (Phi) is 3.92. The number of hydrogen-bond acceptors (Lipinski definition) is 3. The Balaban J connectivity index is 1.79. The lowest BCUT2D eigenvalue weighted by molar-refractivity contribution is -0.130. The molecule has 2 aliphatic rings. The highest BCUT2D eigenvalue weighted by Crippen LogP contribution is 2.38. The van der Waals surface area contributed by atoms with Crippen molar-refractivity contribution in [1.29, 1.82) is 0 Å². The van der Waals surface area contributed by atoms with E-state index < -0.39 is 0 Å². The van der Waals surface area contributed by atoms with Crippen LogP contribution in [0.4, 0.5) is 0 Å². The molecule has 20 heavy (non-hydrogen) atoms. The Morgan fingerprint density at radius 3 is 2.60 bits per heavy atom. The zero-order valence-electron chi connectivity index (χ0n) is 12.5. The first-order valence-corrected chi connectivity index (χ1v) is 8.04. The minimum Gasteiger partial charge on any atom is -0.335 e. The Bertz CT molecular complexity index is 468. The fourth-order valence-corrected chi connectivity index (χ4v) is 3.98. The molecular formula is C16H25N3O. The van der Waals surface area contributed by atoms with Crippen LogP contribution in [-0.4, -0.2) is 38.9 Å². The summed E-state index contributed by atoms with van der Waals surface area (Å²) in [5.41, 5.74) is -0.166. The van der Waals surface area contributed by atoms with Crippen LogP contribution in [0, 0.1) is 0 Å².